The first kappa shape index (κ1) is 16.8. The molecule has 0 fully saturated rings. The van der Waals surface area contributed by atoms with Crippen molar-refractivity contribution in [3.05, 3.63) is 46.6 Å². The first-order valence-electron chi connectivity index (χ1n) is 7.16. The molecule has 0 aliphatic carbocycles. The summed E-state index contributed by atoms with van der Waals surface area (Å²) in [6.07, 6.45) is -2.90. The molecule has 3 nitrogen and oxygen atoms in total. The van der Waals surface area contributed by atoms with E-state index in [0.717, 1.165) is 24.1 Å². The minimum Gasteiger partial charge on any atom is -0.383 e. The summed E-state index contributed by atoms with van der Waals surface area (Å²) in [5.74, 6) is 0.0970. The van der Waals surface area contributed by atoms with Crippen LogP contribution in [0.25, 0.3) is 11.1 Å². The Bertz CT molecular complexity index is 757. The second kappa shape index (κ2) is 6.29. The fourth-order valence-corrected chi connectivity index (χ4v) is 2.58. The Morgan fingerprint density at radius 3 is 2.30 bits per heavy atom. The summed E-state index contributed by atoms with van der Waals surface area (Å²) < 4.78 is 38.1. The van der Waals surface area contributed by atoms with Crippen molar-refractivity contribution in [2.75, 3.05) is 5.73 Å². The number of rotatable bonds is 3. The van der Waals surface area contributed by atoms with Gasteiger partial charge in [0, 0.05) is 11.3 Å². The fourth-order valence-electron chi connectivity index (χ4n) is 2.58. The largest absolute Gasteiger partial charge is 0.416 e. The second-order valence-electron chi connectivity index (χ2n) is 5.25. The molecule has 0 amide bonds. The topological polar surface area (TPSA) is 62.7 Å². The Labute approximate surface area is 132 Å². The number of halogens is 3. The number of nitriles is 1. The molecule has 2 rings (SSSR count). The van der Waals surface area contributed by atoms with Crippen LogP contribution in [0.2, 0.25) is 0 Å². The maximum Gasteiger partial charge on any atom is 0.416 e. The SMILES string of the molecule is CCCc1c(C)nc(N)c(C#N)c1-c1ccc(C(F)(F)F)cc1. The van der Waals surface area contributed by atoms with Gasteiger partial charge in [0.1, 0.15) is 17.5 Å². The Morgan fingerprint density at radius 2 is 1.83 bits per heavy atom. The molecule has 0 spiro atoms. The molecule has 0 saturated carbocycles. The summed E-state index contributed by atoms with van der Waals surface area (Å²) in [6, 6.07) is 6.79. The van der Waals surface area contributed by atoms with Crippen molar-refractivity contribution in [3.63, 3.8) is 0 Å². The highest BCUT2D eigenvalue weighted by Gasteiger charge is 2.30. The summed E-state index contributed by atoms with van der Waals surface area (Å²) in [6.45, 7) is 3.77. The number of nitrogen functional groups attached to an aromatic ring is 1. The molecule has 0 atom stereocenters. The van der Waals surface area contributed by atoms with Crippen molar-refractivity contribution in [2.45, 2.75) is 32.9 Å². The monoisotopic (exact) mass is 319 g/mol. The molecule has 1 aromatic heterocycles. The molecule has 0 saturated heterocycles. The van der Waals surface area contributed by atoms with Gasteiger partial charge in [0.05, 0.1) is 5.56 Å². The Kier molecular flexibility index (Phi) is 4.60. The third-order valence-corrected chi connectivity index (χ3v) is 3.65. The average molecular weight is 319 g/mol. The van der Waals surface area contributed by atoms with Crippen molar-refractivity contribution in [3.8, 4) is 17.2 Å². The highest BCUT2D eigenvalue weighted by molar-refractivity contribution is 5.79. The number of anilines is 1. The molecule has 0 bridgehead atoms. The summed E-state index contributed by atoms with van der Waals surface area (Å²) in [7, 11) is 0. The van der Waals surface area contributed by atoms with Crippen LogP contribution in [0.3, 0.4) is 0 Å². The molecule has 0 unspecified atom stereocenters. The van der Waals surface area contributed by atoms with Gasteiger partial charge in [0.2, 0.25) is 0 Å². The van der Waals surface area contributed by atoms with Crippen LogP contribution in [0.1, 0.15) is 35.7 Å². The maximum atomic E-state index is 12.7. The Balaban J connectivity index is 2.68. The summed E-state index contributed by atoms with van der Waals surface area (Å²) >= 11 is 0. The van der Waals surface area contributed by atoms with E-state index in [1.165, 1.54) is 12.1 Å². The number of hydrogen-bond donors (Lipinski definition) is 1. The van der Waals surface area contributed by atoms with Crippen LogP contribution >= 0.6 is 0 Å². The van der Waals surface area contributed by atoms with Crippen LogP contribution in [-0.4, -0.2) is 4.98 Å². The van der Waals surface area contributed by atoms with Crippen LogP contribution in [-0.2, 0) is 12.6 Å². The molecule has 1 heterocycles. The molecule has 0 radical (unpaired) electrons. The minimum absolute atomic E-state index is 0.0970. The molecule has 2 aromatic rings. The van der Waals surface area contributed by atoms with E-state index < -0.39 is 11.7 Å². The first-order chi connectivity index (χ1) is 10.8. The molecule has 2 N–H and O–H groups in total. The van der Waals surface area contributed by atoms with Gasteiger partial charge in [-0.1, -0.05) is 25.5 Å². The zero-order valence-electron chi connectivity index (χ0n) is 12.8. The van der Waals surface area contributed by atoms with E-state index in [1.807, 2.05) is 13.0 Å². The molecule has 6 heteroatoms. The lowest BCUT2D eigenvalue weighted by Crippen LogP contribution is -2.07. The zero-order valence-corrected chi connectivity index (χ0v) is 12.8. The van der Waals surface area contributed by atoms with Gasteiger partial charge >= 0.3 is 6.18 Å². The van der Waals surface area contributed by atoms with Crippen molar-refractivity contribution in [2.24, 2.45) is 0 Å². The second-order valence-corrected chi connectivity index (χ2v) is 5.25. The van der Waals surface area contributed by atoms with Gasteiger partial charge in [-0.05, 0) is 36.6 Å². The van der Waals surface area contributed by atoms with Gasteiger partial charge in [0.25, 0.3) is 0 Å². The highest BCUT2D eigenvalue weighted by Crippen LogP contribution is 2.35. The molecule has 0 aliphatic rings. The van der Waals surface area contributed by atoms with E-state index in [0.29, 0.717) is 23.2 Å². The number of aryl methyl sites for hydroxylation is 1. The van der Waals surface area contributed by atoms with Crippen LogP contribution in [0, 0.1) is 18.3 Å². The third-order valence-electron chi connectivity index (χ3n) is 3.65. The number of nitrogens with two attached hydrogens (primary N) is 1. The van der Waals surface area contributed by atoms with E-state index in [9.17, 15) is 18.4 Å². The smallest absolute Gasteiger partial charge is 0.383 e. The molecular formula is C17H16F3N3. The third kappa shape index (κ3) is 3.29. The van der Waals surface area contributed by atoms with Crippen LogP contribution < -0.4 is 5.73 Å². The summed E-state index contributed by atoms with van der Waals surface area (Å²) in [4.78, 5) is 4.18. The van der Waals surface area contributed by atoms with Gasteiger partial charge in [-0.2, -0.15) is 18.4 Å². The van der Waals surface area contributed by atoms with Crippen LogP contribution in [0.4, 0.5) is 19.0 Å². The van der Waals surface area contributed by atoms with Gasteiger partial charge in [0.15, 0.2) is 0 Å². The number of pyridine rings is 1. The number of aromatic nitrogens is 1. The molecule has 0 aliphatic heterocycles. The van der Waals surface area contributed by atoms with E-state index in [2.05, 4.69) is 4.98 Å². The van der Waals surface area contributed by atoms with Crippen molar-refractivity contribution >= 4 is 5.82 Å². The molecule has 120 valence electrons. The van der Waals surface area contributed by atoms with Crippen LogP contribution in [0.5, 0.6) is 0 Å². The van der Waals surface area contributed by atoms with E-state index >= 15 is 0 Å². The lowest BCUT2D eigenvalue weighted by molar-refractivity contribution is -0.137. The molecule has 1 aromatic carbocycles. The summed E-state index contributed by atoms with van der Waals surface area (Å²) in [5, 5.41) is 9.38. The Hall–Kier alpha value is -2.55. The normalized spacial score (nSPS) is 11.3. The van der Waals surface area contributed by atoms with Crippen molar-refractivity contribution in [1.82, 2.24) is 4.98 Å². The van der Waals surface area contributed by atoms with Crippen molar-refractivity contribution < 1.29 is 13.2 Å². The average Bonchev–Trinajstić information content (AvgIpc) is 2.49. The van der Waals surface area contributed by atoms with Gasteiger partial charge in [-0.3, -0.25) is 0 Å². The number of benzene rings is 1. The lowest BCUT2D eigenvalue weighted by atomic mass is 9.91. The van der Waals surface area contributed by atoms with Crippen LogP contribution in [0.15, 0.2) is 24.3 Å². The number of nitrogens with zero attached hydrogens (tertiary/aromatic N) is 2. The van der Waals surface area contributed by atoms with Gasteiger partial charge in [-0.25, -0.2) is 4.98 Å². The Morgan fingerprint density at radius 1 is 1.22 bits per heavy atom. The predicted molar refractivity (Wildman–Crippen MR) is 82.5 cm³/mol. The van der Waals surface area contributed by atoms with E-state index in [4.69, 9.17) is 5.73 Å². The molecule has 23 heavy (non-hydrogen) atoms. The van der Waals surface area contributed by atoms with E-state index in [-0.39, 0.29) is 11.4 Å². The number of alkyl halides is 3. The summed E-state index contributed by atoms with van der Waals surface area (Å²) in [5.41, 5.74) is 7.95. The predicted octanol–water partition coefficient (Wildman–Crippen LogP) is 4.48. The number of hydrogen-bond acceptors (Lipinski definition) is 3. The fraction of sp³-hybridized carbons (Fsp3) is 0.294. The maximum absolute atomic E-state index is 12.7. The highest BCUT2D eigenvalue weighted by atomic mass is 19.4. The minimum atomic E-state index is -4.39. The standard InChI is InChI=1S/C17H16F3N3/c1-3-4-13-10(2)23-16(22)14(9-21)15(13)11-5-7-12(8-6-11)17(18,19)20/h5-8H,3-4H2,1-2H3,(H2,22,23). The quantitative estimate of drug-likeness (QED) is 0.907. The van der Waals surface area contributed by atoms with Crippen molar-refractivity contribution in [1.29, 1.82) is 5.26 Å². The first-order valence-corrected chi connectivity index (χ1v) is 7.16. The molecular weight excluding hydrogens is 303 g/mol. The lowest BCUT2D eigenvalue weighted by Gasteiger charge is -2.16. The van der Waals surface area contributed by atoms with Gasteiger partial charge in [-0.15, -0.1) is 0 Å². The van der Waals surface area contributed by atoms with E-state index in [1.54, 1.807) is 6.92 Å². The zero-order chi connectivity index (χ0) is 17.2. The van der Waals surface area contributed by atoms with Gasteiger partial charge < -0.3 is 5.73 Å².